The second-order valence-electron chi connectivity index (χ2n) is 7.36. The Hall–Kier alpha value is -4.26. The van der Waals surface area contributed by atoms with Gasteiger partial charge in [-0.2, -0.15) is 0 Å². The number of aryl methyl sites for hydroxylation is 1. The lowest BCUT2D eigenvalue weighted by atomic mass is 10.1. The number of carbonyl (C=O) groups is 2. The van der Waals surface area contributed by atoms with Crippen LogP contribution in [-0.2, 0) is 11.4 Å². The van der Waals surface area contributed by atoms with E-state index in [0.29, 0.717) is 22.8 Å². The highest BCUT2D eigenvalue weighted by Gasteiger charge is 2.09. The highest BCUT2D eigenvalue weighted by atomic mass is 16.5. The second kappa shape index (κ2) is 9.26. The van der Waals surface area contributed by atoms with Crippen molar-refractivity contribution in [3.63, 3.8) is 0 Å². The zero-order chi connectivity index (χ0) is 22.5. The number of ether oxygens (including phenoxy) is 1. The quantitative estimate of drug-likeness (QED) is 0.465. The first kappa shape index (κ1) is 21.0. The van der Waals surface area contributed by atoms with Crippen LogP contribution in [0.2, 0.25) is 0 Å². The molecular weight excluding hydrogens is 404 g/mol. The molecule has 7 nitrogen and oxygen atoms in total. The van der Waals surface area contributed by atoms with E-state index in [0.717, 1.165) is 22.2 Å². The van der Waals surface area contributed by atoms with Gasteiger partial charge in [-0.05, 0) is 55.5 Å². The van der Waals surface area contributed by atoms with E-state index in [1.807, 2.05) is 43.3 Å². The van der Waals surface area contributed by atoms with Crippen LogP contribution in [0.3, 0.4) is 0 Å². The van der Waals surface area contributed by atoms with E-state index in [2.05, 4.69) is 20.6 Å². The lowest BCUT2D eigenvalue weighted by molar-refractivity contribution is -0.114. The van der Waals surface area contributed by atoms with Crippen molar-refractivity contribution in [3.8, 4) is 5.75 Å². The topological polar surface area (TPSA) is 93.2 Å². The van der Waals surface area contributed by atoms with E-state index in [-0.39, 0.29) is 18.4 Å². The predicted octanol–water partition coefficient (Wildman–Crippen LogP) is 4.73. The molecule has 2 N–H and O–H groups in total. The molecule has 2 heterocycles. The summed E-state index contributed by atoms with van der Waals surface area (Å²) in [7, 11) is 0. The van der Waals surface area contributed by atoms with Gasteiger partial charge in [0.05, 0.1) is 5.52 Å². The third-order valence-electron chi connectivity index (χ3n) is 4.72. The van der Waals surface area contributed by atoms with Crippen molar-refractivity contribution < 1.29 is 14.3 Å². The number of hydrogen-bond acceptors (Lipinski definition) is 5. The predicted molar refractivity (Wildman–Crippen MR) is 124 cm³/mol. The van der Waals surface area contributed by atoms with Crippen LogP contribution in [0.4, 0.5) is 11.5 Å². The lowest BCUT2D eigenvalue weighted by Crippen LogP contribution is -2.12. The minimum absolute atomic E-state index is 0.174. The van der Waals surface area contributed by atoms with Crippen molar-refractivity contribution in [2.24, 2.45) is 0 Å². The van der Waals surface area contributed by atoms with E-state index in [1.165, 1.54) is 6.92 Å². The maximum atomic E-state index is 12.7. The van der Waals surface area contributed by atoms with Gasteiger partial charge in [-0.15, -0.1) is 0 Å². The largest absolute Gasteiger partial charge is 0.489 e. The van der Waals surface area contributed by atoms with Crippen LogP contribution >= 0.6 is 0 Å². The lowest BCUT2D eigenvalue weighted by Gasteiger charge is -2.10. The fourth-order valence-electron chi connectivity index (χ4n) is 3.17. The molecule has 4 rings (SSSR count). The Bertz CT molecular complexity index is 1290. The third kappa shape index (κ3) is 5.26. The Morgan fingerprint density at radius 1 is 0.969 bits per heavy atom. The molecule has 7 heteroatoms. The summed E-state index contributed by atoms with van der Waals surface area (Å²) in [6.07, 6.45) is 1.64. The van der Waals surface area contributed by atoms with E-state index < -0.39 is 0 Å². The molecular formula is C25H22N4O3. The van der Waals surface area contributed by atoms with Gasteiger partial charge in [0.25, 0.3) is 5.91 Å². The van der Waals surface area contributed by atoms with Gasteiger partial charge in [0.15, 0.2) is 0 Å². The number of anilines is 2. The van der Waals surface area contributed by atoms with Gasteiger partial charge in [-0.25, -0.2) is 4.98 Å². The zero-order valence-corrected chi connectivity index (χ0v) is 17.8. The molecule has 0 fully saturated rings. The number of carbonyl (C=O) groups excluding carboxylic acids is 2. The van der Waals surface area contributed by atoms with Gasteiger partial charge < -0.3 is 15.4 Å². The van der Waals surface area contributed by atoms with Crippen LogP contribution in [0, 0.1) is 6.92 Å². The standard InChI is InChI=1S/C25H22N4O3/c1-16-6-8-19-12-21(9-10-23(19)27-16)29-25(31)20-4-3-5-22(13-20)32-15-18-7-11-24(26-14-18)28-17(2)30/h3-14H,15H2,1-2H3,(H,29,31)(H,26,28,30). The molecule has 0 atom stereocenters. The zero-order valence-electron chi connectivity index (χ0n) is 17.8. The Morgan fingerprint density at radius 2 is 1.84 bits per heavy atom. The van der Waals surface area contributed by atoms with Gasteiger partial charge >= 0.3 is 0 Å². The highest BCUT2D eigenvalue weighted by molar-refractivity contribution is 6.05. The van der Waals surface area contributed by atoms with Crippen molar-refractivity contribution in [2.75, 3.05) is 10.6 Å². The third-order valence-corrected chi connectivity index (χ3v) is 4.72. The normalized spacial score (nSPS) is 10.6. The van der Waals surface area contributed by atoms with Gasteiger partial charge in [0.2, 0.25) is 5.91 Å². The molecule has 0 aliphatic rings. The molecule has 0 aliphatic carbocycles. The van der Waals surface area contributed by atoms with E-state index in [4.69, 9.17) is 4.74 Å². The molecule has 0 saturated heterocycles. The number of pyridine rings is 2. The number of hydrogen-bond donors (Lipinski definition) is 2. The van der Waals surface area contributed by atoms with Crippen molar-refractivity contribution in [1.29, 1.82) is 0 Å². The maximum absolute atomic E-state index is 12.7. The van der Waals surface area contributed by atoms with E-state index in [1.54, 1.807) is 36.5 Å². The second-order valence-corrected chi connectivity index (χ2v) is 7.36. The molecule has 0 unspecified atom stereocenters. The van der Waals surface area contributed by atoms with E-state index >= 15 is 0 Å². The Balaban J connectivity index is 1.40. The number of aromatic nitrogens is 2. The molecule has 0 radical (unpaired) electrons. The van der Waals surface area contributed by atoms with Crippen molar-refractivity contribution in [2.45, 2.75) is 20.5 Å². The van der Waals surface area contributed by atoms with Gasteiger partial charge in [-0.3, -0.25) is 14.6 Å². The fourth-order valence-corrected chi connectivity index (χ4v) is 3.17. The molecule has 2 aromatic carbocycles. The molecule has 0 spiro atoms. The monoisotopic (exact) mass is 426 g/mol. The van der Waals surface area contributed by atoms with Crippen LogP contribution < -0.4 is 15.4 Å². The SMILES string of the molecule is CC(=O)Nc1ccc(COc2cccc(C(=O)Nc3ccc4nc(C)ccc4c3)c2)cn1. The molecule has 0 bridgehead atoms. The smallest absolute Gasteiger partial charge is 0.255 e. The van der Waals surface area contributed by atoms with Crippen LogP contribution in [0.1, 0.15) is 28.5 Å². The molecule has 160 valence electrons. The molecule has 0 saturated carbocycles. The van der Waals surface area contributed by atoms with E-state index in [9.17, 15) is 9.59 Å². The average molecular weight is 426 g/mol. The number of nitrogens with one attached hydrogen (secondary N) is 2. The van der Waals surface area contributed by atoms with Crippen LogP contribution in [-0.4, -0.2) is 21.8 Å². The minimum Gasteiger partial charge on any atom is -0.489 e. The summed E-state index contributed by atoms with van der Waals surface area (Å²) < 4.78 is 5.81. The van der Waals surface area contributed by atoms with Crippen molar-refractivity contribution in [3.05, 3.63) is 89.7 Å². The number of fused-ring (bicyclic) bond motifs is 1. The van der Waals surface area contributed by atoms with Crippen molar-refractivity contribution in [1.82, 2.24) is 9.97 Å². The fraction of sp³-hybridized carbons (Fsp3) is 0.120. The molecule has 32 heavy (non-hydrogen) atoms. The maximum Gasteiger partial charge on any atom is 0.255 e. The van der Waals surface area contributed by atoms with Gasteiger partial charge in [0, 0.05) is 41.0 Å². The summed E-state index contributed by atoms with van der Waals surface area (Å²) >= 11 is 0. The minimum atomic E-state index is -0.226. The number of nitrogens with zero attached hydrogens (tertiary/aromatic N) is 2. The molecule has 2 amide bonds. The van der Waals surface area contributed by atoms with Gasteiger partial charge in [0.1, 0.15) is 18.2 Å². The Kier molecular flexibility index (Phi) is 6.07. The van der Waals surface area contributed by atoms with Crippen molar-refractivity contribution >= 4 is 34.2 Å². The summed E-state index contributed by atoms with van der Waals surface area (Å²) in [5.41, 5.74) is 3.87. The number of benzene rings is 2. The molecule has 0 aliphatic heterocycles. The summed E-state index contributed by atoms with van der Waals surface area (Å²) in [4.78, 5) is 32.4. The van der Waals surface area contributed by atoms with Crippen LogP contribution in [0.15, 0.2) is 72.9 Å². The van der Waals surface area contributed by atoms with Gasteiger partial charge in [-0.1, -0.05) is 18.2 Å². The first-order valence-corrected chi connectivity index (χ1v) is 10.1. The summed E-state index contributed by atoms with van der Waals surface area (Å²) in [6.45, 7) is 3.66. The van der Waals surface area contributed by atoms with Crippen LogP contribution in [0.5, 0.6) is 5.75 Å². The van der Waals surface area contributed by atoms with Crippen LogP contribution in [0.25, 0.3) is 10.9 Å². The number of rotatable bonds is 6. The Labute approximate surface area is 185 Å². The molecule has 4 aromatic rings. The highest BCUT2D eigenvalue weighted by Crippen LogP contribution is 2.20. The average Bonchev–Trinajstić information content (AvgIpc) is 2.78. The Morgan fingerprint density at radius 3 is 2.62 bits per heavy atom. The first-order chi connectivity index (χ1) is 15.5. The summed E-state index contributed by atoms with van der Waals surface area (Å²) in [6, 6.07) is 20.1. The summed E-state index contributed by atoms with van der Waals surface area (Å²) in [5.74, 6) is 0.657. The molecule has 2 aromatic heterocycles. The first-order valence-electron chi connectivity index (χ1n) is 10.1. The summed E-state index contributed by atoms with van der Waals surface area (Å²) in [5, 5.41) is 6.50. The number of amides is 2.